The Balaban J connectivity index is 4.08. The highest BCUT2D eigenvalue weighted by atomic mass is 16.6. The highest BCUT2D eigenvalue weighted by molar-refractivity contribution is 5.71. The summed E-state index contributed by atoms with van der Waals surface area (Å²) in [6, 6.07) is 0. The SMILES string of the molecule is CC/C=C\C/C=C\C/C=C\C/C=C\C/C=C\CCCCCCCCCCCCCCCC(=O)OCC(COC(=O)CCCCCCCCCCC)OC(=O)CCCCCCCCCCCCC. The van der Waals surface area contributed by atoms with E-state index in [2.05, 4.69) is 81.5 Å². The van der Waals surface area contributed by atoms with E-state index in [1.165, 1.54) is 161 Å². The predicted molar refractivity (Wildman–Crippen MR) is 288 cm³/mol. The molecule has 0 aliphatic rings. The molecule has 0 radical (unpaired) electrons. The van der Waals surface area contributed by atoms with Crippen molar-refractivity contribution in [1.29, 1.82) is 0 Å². The Morgan fingerprint density at radius 3 is 0.910 bits per heavy atom. The molecule has 0 bridgehead atoms. The molecule has 1 atom stereocenters. The molecule has 0 aromatic heterocycles. The molecule has 0 aromatic carbocycles. The van der Waals surface area contributed by atoms with Gasteiger partial charge in [-0.15, -0.1) is 0 Å². The van der Waals surface area contributed by atoms with Gasteiger partial charge in [-0.25, -0.2) is 0 Å². The molecular weight excluding hydrogens is 829 g/mol. The fourth-order valence-corrected chi connectivity index (χ4v) is 8.24. The summed E-state index contributed by atoms with van der Waals surface area (Å²) < 4.78 is 16.8. The Kier molecular flexibility index (Phi) is 53.3. The smallest absolute Gasteiger partial charge is 0.306 e. The van der Waals surface area contributed by atoms with Gasteiger partial charge in [0.1, 0.15) is 13.2 Å². The van der Waals surface area contributed by atoms with E-state index in [0.717, 1.165) is 89.9 Å². The molecule has 67 heavy (non-hydrogen) atoms. The zero-order valence-electron chi connectivity index (χ0n) is 44.4. The van der Waals surface area contributed by atoms with Crippen molar-refractivity contribution in [3.8, 4) is 0 Å². The maximum absolute atomic E-state index is 12.8. The molecule has 0 aliphatic carbocycles. The average Bonchev–Trinajstić information content (AvgIpc) is 3.33. The van der Waals surface area contributed by atoms with Gasteiger partial charge in [-0.2, -0.15) is 0 Å². The number of ether oxygens (including phenoxy) is 3. The van der Waals surface area contributed by atoms with E-state index in [1.54, 1.807) is 0 Å². The highest BCUT2D eigenvalue weighted by Gasteiger charge is 2.19. The first-order valence-corrected chi connectivity index (χ1v) is 28.8. The van der Waals surface area contributed by atoms with Crippen molar-refractivity contribution in [2.24, 2.45) is 0 Å². The topological polar surface area (TPSA) is 78.9 Å². The van der Waals surface area contributed by atoms with Gasteiger partial charge in [-0.3, -0.25) is 14.4 Å². The second-order valence-electron chi connectivity index (χ2n) is 19.2. The van der Waals surface area contributed by atoms with Gasteiger partial charge in [0, 0.05) is 19.3 Å². The lowest BCUT2D eigenvalue weighted by Gasteiger charge is -2.18. The summed E-state index contributed by atoms with van der Waals surface area (Å²) in [4.78, 5) is 37.9. The van der Waals surface area contributed by atoms with E-state index in [9.17, 15) is 14.4 Å². The number of esters is 3. The van der Waals surface area contributed by atoms with Crippen LogP contribution < -0.4 is 0 Å². The van der Waals surface area contributed by atoms with Crippen LogP contribution in [0.3, 0.4) is 0 Å². The van der Waals surface area contributed by atoms with Gasteiger partial charge in [0.15, 0.2) is 6.10 Å². The predicted octanol–water partition coefficient (Wildman–Crippen LogP) is 19.2. The summed E-state index contributed by atoms with van der Waals surface area (Å²) in [6.45, 7) is 6.52. The third kappa shape index (κ3) is 53.9. The Morgan fingerprint density at radius 2 is 0.582 bits per heavy atom. The van der Waals surface area contributed by atoms with Crippen molar-refractivity contribution >= 4 is 17.9 Å². The second-order valence-corrected chi connectivity index (χ2v) is 19.2. The molecule has 0 aliphatic heterocycles. The van der Waals surface area contributed by atoms with Crippen LogP contribution in [0.4, 0.5) is 0 Å². The van der Waals surface area contributed by atoms with Gasteiger partial charge >= 0.3 is 17.9 Å². The molecule has 6 nitrogen and oxygen atoms in total. The molecule has 0 fully saturated rings. The molecule has 0 rings (SSSR count). The van der Waals surface area contributed by atoms with Gasteiger partial charge in [0.2, 0.25) is 0 Å². The molecule has 6 heteroatoms. The lowest BCUT2D eigenvalue weighted by Crippen LogP contribution is -2.30. The van der Waals surface area contributed by atoms with Crippen molar-refractivity contribution in [3.63, 3.8) is 0 Å². The van der Waals surface area contributed by atoms with Crippen molar-refractivity contribution in [2.75, 3.05) is 13.2 Å². The van der Waals surface area contributed by atoms with Crippen LogP contribution in [0.5, 0.6) is 0 Å². The molecule has 1 unspecified atom stereocenters. The summed E-state index contributed by atoms with van der Waals surface area (Å²) in [6.07, 6.45) is 69.5. The maximum atomic E-state index is 12.8. The molecule has 0 saturated heterocycles. The number of allylic oxidation sites excluding steroid dienone is 10. The van der Waals surface area contributed by atoms with E-state index < -0.39 is 6.10 Å². The third-order valence-corrected chi connectivity index (χ3v) is 12.5. The summed E-state index contributed by atoms with van der Waals surface area (Å²) in [5.41, 5.74) is 0. The van der Waals surface area contributed by atoms with Crippen molar-refractivity contribution < 1.29 is 28.6 Å². The first-order chi connectivity index (χ1) is 33.0. The minimum atomic E-state index is -0.767. The summed E-state index contributed by atoms with van der Waals surface area (Å²) >= 11 is 0. The first-order valence-electron chi connectivity index (χ1n) is 28.8. The molecule has 388 valence electrons. The number of rotatable bonds is 52. The van der Waals surface area contributed by atoms with Crippen LogP contribution in [0.1, 0.15) is 290 Å². The summed E-state index contributed by atoms with van der Waals surface area (Å²) in [5, 5.41) is 0. The lowest BCUT2D eigenvalue weighted by molar-refractivity contribution is -0.167. The average molecular weight is 938 g/mol. The molecule has 0 N–H and O–H groups in total. The van der Waals surface area contributed by atoms with Gasteiger partial charge < -0.3 is 14.2 Å². The number of carbonyl (C=O) groups excluding carboxylic acids is 3. The molecule has 0 spiro atoms. The van der Waals surface area contributed by atoms with Crippen LogP contribution in [0, 0.1) is 0 Å². The van der Waals surface area contributed by atoms with E-state index in [0.29, 0.717) is 19.3 Å². The van der Waals surface area contributed by atoms with Crippen LogP contribution in [0.15, 0.2) is 60.8 Å². The normalized spacial score (nSPS) is 12.5. The van der Waals surface area contributed by atoms with Gasteiger partial charge in [-0.05, 0) is 64.2 Å². The Hall–Kier alpha value is -2.89. The van der Waals surface area contributed by atoms with E-state index in [4.69, 9.17) is 14.2 Å². The van der Waals surface area contributed by atoms with Crippen LogP contribution in [-0.2, 0) is 28.6 Å². The zero-order chi connectivity index (χ0) is 48.6. The minimum Gasteiger partial charge on any atom is -0.462 e. The summed E-state index contributed by atoms with van der Waals surface area (Å²) in [7, 11) is 0. The number of unbranched alkanes of at least 4 members (excludes halogenated alkanes) is 31. The van der Waals surface area contributed by atoms with E-state index >= 15 is 0 Å². The zero-order valence-corrected chi connectivity index (χ0v) is 44.4. The fourth-order valence-electron chi connectivity index (χ4n) is 8.24. The summed E-state index contributed by atoms with van der Waals surface area (Å²) in [5.74, 6) is -0.863. The molecule has 0 aromatic rings. The van der Waals surface area contributed by atoms with Crippen LogP contribution in [0.25, 0.3) is 0 Å². The largest absolute Gasteiger partial charge is 0.462 e. The maximum Gasteiger partial charge on any atom is 0.306 e. The number of carbonyl (C=O) groups is 3. The van der Waals surface area contributed by atoms with E-state index in [1.807, 2.05) is 0 Å². The van der Waals surface area contributed by atoms with Crippen molar-refractivity contribution in [3.05, 3.63) is 60.8 Å². The first kappa shape index (κ1) is 64.1. The van der Waals surface area contributed by atoms with Crippen LogP contribution in [0.2, 0.25) is 0 Å². The Labute approximate surface area is 415 Å². The lowest BCUT2D eigenvalue weighted by atomic mass is 10.0. The second kappa shape index (κ2) is 55.7. The standard InChI is InChI=1S/C61H108O6/c1-4-7-10-13-16-19-21-22-23-24-25-26-27-28-29-30-31-32-33-34-35-36-37-38-40-42-45-48-51-54-60(63)66-57-58(56-65-59(62)53-50-47-44-41-18-15-12-9-6-3)67-61(64)55-52-49-46-43-39-20-17-14-11-8-5-2/h7,10,16,19,22-23,25-26,28-29,58H,4-6,8-9,11-15,17-18,20-21,24,27,30-57H2,1-3H3/b10-7-,19-16-,23-22-,26-25-,29-28-. The molecule has 0 heterocycles. The quantitative estimate of drug-likeness (QED) is 0.0262. The minimum absolute atomic E-state index is 0.0695. The van der Waals surface area contributed by atoms with Crippen molar-refractivity contribution in [2.45, 2.75) is 297 Å². The Morgan fingerprint density at radius 1 is 0.313 bits per heavy atom. The highest BCUT2D eigenvalue weighted by Crippen LogP contribution is 2.16. The van der Waals surface area contributed by atoms with E-state index in [-0.39, 0.29) is 31.1 Å². The molecular formula is C61H108O6. The van der Waals surface area contributed by atoms with Gasteiger partial charge in [0.25, 0.3) is 0 Å². The molecule has 0 saturated carbocycles. The fraction of sp³-hybridized carbons (Fsp3) is 0.787. The number of hydrogen-bond acceptors (Lipinski definition) is 6. The van der Waals surface area contributed by atoms with Crippen molar-refractivity contribution in [1.82, 2.24) is 0 Å². The van der Waals surface area contributed by atoms with Gasteiger partial charge in [0.05, 0.1) is 0 Å². The van der Waals surface area contributed by atoms with Crippen LogP contribution in [-0.4, -0.2) is 37.2 Å². The Bertz CT molecular complexity index is 1210. The third-order valence-electron chi connectivity index (χ3n) is 12.5. The molecule has 0 amide bonds. The number of hydrogen-bond donors (Lipinski definition) is 0. The van der Waals surface area contributed by atoms with Crippen LogP contribution >= 0.6 is 0 Å². The monoisotopic (exact) mass is 937 g/mol. The van der Waals surface area contributed by atoms with Gasteiger partial charge in [-0.1, -0.05) is 268 Å².